The minimum Gasteiger partial charge on any atom is -0.364 e. The normalized spacial score (nSPS) is 10.8. The van der Waals surface area contributed by atoms with Crippen molar-refractivity contribution in [2.24, 2.45) is 5.73 Å². The first-order valence-corrected chi connectivity index (χ1v) is 6.00. The Balaban J connectivity index is 2.46. The van der Waals surface area contributed by atoms with E-state index in [1.807, 2.05) is 47.9 Å². The maximum atomic E-state index is 11.8. The van der Waals surface area contributed by atoms with E-state index in [0.717, 1.165) is 22.2 Å². The molecule has 1 aromatic carbocycles. The zero-order chi connectivity index (χ0) is 13.4. The van der Waals surface area contributed by atoms with Gasteiger partial charge in [0, 0.05) is 23.5 Å². The molecule has 3 rings (SSSR count). The number of para-hydroxylation sites is 1. The minimum atomic E-state index is -0.433. The number of pyridine rings is 1. The molecule has 2 aromatic heterocycles. The molecule has 0 unspecified atom stereocenters. The third-order valence-corrected chi connectivity index (χ3v) is 3.27. The molecule has 0 radical (unpaired) electrons. The van der Waals surface area contributed by atoms with E-state index in [0.29, 0.717) is 5.69 Å². The molecule has 0 saturated carbocycles. The highest BCUT2D eigenvalue weighted by atomic mass is 16.1. The zero-order valence-corrected chi connectivity index (χ0v) is 10.5. The van der Waals surface area contributed by atoms with E-state index >= 15 is 0 Å². The van der Waals surface area contributed by atoms with Gasteiger partial charge < -0.3 is 10.3 Å². The summed E-state index contributed by atoms with van der Waals surface area (Å²) in [5.74, 6) is -0.433. The van der Waals surface area contributed by atoms with Crippen molar-refractivity contribution in [2.45, 2.75) is 6.92 Å². The molecule has 4 nitrogen and oxygen atoms in total. The third-order valence-electron chi connectivity index (χ3n) is 3.27. The second-order valence-electron chi connectivity index (χ2n) is 4.40. The molecule has 0 spiro atoms. The highest BCUT2D eigenvalue weighted by Gasteiger charge is 2.18. The number of aryl methyl sites for hydroxylation is 1. The second kappa shape index (κ2) is 4.24. The van der Waals surface area contributed by atoms with E-state index in [1.165, 1.54) is 0 Å². The van der Waals surface area contributed by atoms with Crippen LogP contribution < -0.4 is 5.73 Å². The Morgan fingerprint density at radius 1 is 1.21 bits per heavy atom. The number of carbonyl (C=O) groups excluding carboxylic acids is 1. The lowest BCUT2D eigenvalue weighted by atomic mass is 10.2. The molecule has 0 fully saturated rings. The smallest absolute Gasteiger partial charge is 0.266 e. The fourth-order valence-electron chi connectivity index (χ4n) is 2.43. The molecule has 2 heterocycles. The van der Waals surface area contributed by atoms with Gasteiger partial charge in [-0.1, -0.05) is 18.2 Å². The number of fused-ring (bicyclic) bond motifs is 1. The Morgan fingerprint density at radius 2 is 1.95 bits per heavy atom. The van der Waals surface area contributed by atoms with E-state index in [4.69, 9.17) is 5.73 Å². The molecule has 3 aromatic rings. The average molecular weight is 251 g/mol. The quantitative estimate of drug-likeness (QED) is 0.760. The summed E-state index contributed by atoms with van der Waals surface area (Å²) in [5.41, 5.74) is 8.76. The highest BCUT2D eigenvalue weighted by Crippen LogP contribution is 2.27. The molecule has 19 heavy (non-hydrogen) atoms. The predicted molar refractivity (Wildman–Crippen MR) is 74.3 cm³/mol. The second-order valence-corrected chi connectivity index (χ2v) is 4.40. The van der Waals surface area contributed by atoms with Gasteiger partial charge in [0.25, 0.3) is 5.91 Å². The van der Waals surface area contributed by atoms with Crippen LogP contribution in [0.4, 0.5) is 0 Å². The van der Waals surface area contributed by atoms with E-state index < -0.39 is 5.91 Å². The summed E-state index contributed by atoms with van der Waals surface area (Å²) >= 11 is 0. The molecule has 0 saturated heterocycles. The summed E-state index contributed by atoms with van der Waals surface area (Å²) < 4.78 is 1.88. The largest absolute Gasteiger partial charge is 0.364 e. The van der Waals surface area contributed by atoms with Crippen LogP contribution in [0.5, 0.6) is 0 Å². The first-order chi connectivity index (χ1) is 9.20. The van der Waals surface area contributed by atoms with Crippen LogP contribution >= 0.6 is 0 Å². The summed E-state index contributed by atoms with van der Waals surface area (Å²) in [6.45, 7) is 1.89. The fraction of sp³-hybridized carbons (Fsp3) is 0.0667. The van der Waals surface area contributed by atoms with Crippen LogP contribution in [-0.2, 0) is 0 Å². The monoisotopic (exact) mass is 251 g/mol. The maximum absolute atomic E-state index is 11.8. The number of rotatable bonds is 2. The van der Waals surface area contributed by atoms with Gasteiger partial charge >= 0.3 is 0 Å². The summed E-state index contributed by atoms with van der Waals surface area (Å²) in [7, 11) is 0. The summed E-state index contributed by atoms with van der Waals surface area (Å²) in [4.78, 5) is 15.9. The number of aromatic nitrogens is 2. The van der Waals surface area contributed by atoms with Gasteiger partial charge in [-0.25, -0.2) is 0 Å². The van der Waals surface area contributed by atoms with Crippen LogP contribution in [0.3, 0.4) is 0 Å². The van der Waals surface area contributed by atoms with E-state index in [2.05, 4.69) is 4.98 Å². The van der Waals surface area contributed by atoms with Gasteiger partial charge in [-0.2, -0.15) is 0 Å². The van der Waals surface area contributed by atoms with Crippen LogP contribution in [-0.4, -0.2) is 15.5 Å². The number of nitrogens with two attached hydrogens (primary N) is 1. The van der Waals surface area contributed by atoms with Crippen LogP contribution in [0.1, 0.15) is 16.1 Å². The lowest BCUT2D eigenvalue weighted by Crippen LogP contribution is -2.17. The molecule has 0 aliphatic rings. The van der Waals surface area contributed by atoms with Gasteiger partial charge in [0.1, 0.15) is 5.69 Å². The van der Waals surface area contributed by atoms with Crippen molar-refractivity contribution in [1.29, 1.82) is 0 Å². The molecule has 4 heteroatoms. The number of hydrogen-bond donors (Lipinski definition) is 1. The molecule has 0 aliphatic carbocycles. The Labute approximate surface area is 110 Å². The fourth-order valence-corrected chi connectivity index (χ4v) is 2.43. The summed E-state index contributed by atoms with van der Waals surface area (Å²) in [6.07, 6.45) is 3.47. The van der Waals surface area contributed by atoms with Crippen LogP contribution in [0.2, 0.25) is 0 Å². The van der Waals surface area contributed by atoms with E-state index in [1.54, 1.807) is 12.4 Å². The van der Waals surface area contributed by atoms with Gasteiger partial charge in [0.2, 0.25) is 0 Å². The van der Waals surface area contributed by atoms with Gasteiger partial charge in [-0.3, -0.25) is 9.78 Å². The molecular weight excluding hydrogens is 238 g/mol. The zero-order valence-electron chi connectivity index (χ0n) is 10.5. The first-order valence-electron chi connectivity index (χ1n) is 6.00. The number of amides is 1. The van der Waals surface area contributed by atoms with Gasteiger partial charge in [0.05, 0.1) is 5.52 Å². The number of nitrogens with zero attached hydrogens (tertiary/aromatic N) is 2. The molecular formula is C15H13N3O. The van der Waals surface area contributed by atoms with Crippen molar-refractivity contribution in [3.05, 3.63) is 60.0 Å². The van der Waals surface area contributed by atoms with Crippen molar-refractivity contribution in [3.8, 4) is 5.69 Å². The van der Waals surface area contributed by atoms with Crippen molar-refractivity contribution in [3.63, 3.8) is 0 Å². The molecule has 0 atom stereocenters. The lowest BCUT2D eigenvalue weighted by Gasteiger charge is -2.08. The van der Waals surface area contributed by atoms with Gasteiger partial charge in [-0.15, -0.1) is 0 Å². The Hall–Kier alpha value is -2.62. The van der Waals surface area contributed by atoms with Crippen molar-refractivity contribution in [2.75, 3.05) is 0 Å². The lowest BCUT2D eigenvalue weighted by molar-refractivity contribution is 0.0993. The van der Waals surface area contributed by atoms with Crippen molar-refractivity contribution < 1.29 is 4.79 Å². The number of benzene rings is 1. The Morgan fingerprint density at radius 3 is 2.63 bits per heavy atom. The van der Waals surface area contributed by atoms with Crippen molar-refractivity contribution in [1.82, 2.24) is 9.55 Å². The Kier molecular flexibility index (Phi) is 2.56. The topological polar surface area (TPSA) is 60.9 Å². The maximum Gasteiger partial charge on any atom is 0.266 e. The van der Waals surface area contributed by atoms with Crippen molar-refractivity contribution >= 4 is 16.8 Å². The highest BCUT2D eigenvalue weighted by molar-refractivity contribution is 6.01. The molecule has 0 aliphatic heterocycles. The molecule has 2 N–H and O–H groups in total. The van der Waals surface area contributed by atoms with Crippen LogP contribution in [0.25, 0.3) is 16.6 Å². The summed E-state index contributed by atoms with van der Waals surface area (Å²) in [6, 6.07) is 11.6. The number of primary amides is 1. The van der Waals surface area contributed by atoms with Gasteiger partial charge in [-0.05, 0) is 30.7 Å². The standard InChI is InChI=1S/C15H13N3O/c1-10-12-9-17-8-7-13(12)18(14(10)15(16)19)11-5-3-2-4-6-11/h2-9H,1H3,(H2,16,19). The molecule has 1 amide bonds. The molecule has 0 bridgehead atoms. The van der Waals surface area contributed by atoms with Crippen LogP contribution in [0.15, 0.2) is 48.8 Å². The minimum absolute atomic E-state index is 0.433. The van der Waals surface area contributed by atoms with E-state index in [9.17, 15) is 4.79 Å². The first kappa shape index (κ1) is 11.5. The van der Waals surface area contributed by atoms with Crippen LogP contribution in [0, 0.1) is 6.92 Å². The molecule has 94 valence electrons. The number of hydrogen-bond acceptors (Lipinski definition) is 2. The Bertz CT molecular complexity index is 760. The SMILES string of the molecule is Cc1c(C(N)=O)n(-c2ccccc2)c2ccncc12. The summed E-state index contributed by atoms with van der Waals surface area (Å²) in [5, 5.41) is 0.945. The van der Waals surface area contributed by atoms with Gasteiger partial charge in [0.15, 0.2) is 0 Å². The third kappa shape index (κ3) is 1.69. The van der Waals surface area contributed by atoms with E-state index in [-0.39, 0.29) is 0 Å². The number of carbonyl (C=O) groups is 1. The predicted octanol–water partition coefficient (Wildman–Crippen LogP) is 2.43. The average Bonchev–Trinajstić information content (AvgIpc) is 2.74.